The van der Waals surface area contributed by atoms with Crippen molar-refractivity contribution in [3.05, 3.63) is 29.8 Å². The van der Waals surface area contributed by atoms with Crippen molar-refractivity contribution >= 4 is 17.8 Å². The van der Waals surface area contributed by atoms with Crippen LogP contribution in [0.5, 0.6) is 5.75 Å². The van der Waals surface area contributed by atoms with Crippen molar-refractivity contribution in [2.45, 2.75) is 33.2 Å². The molecule has 0 aliphatic rings. The summed E-state index contributed by atoms with van der Waals surface area (Å²) in [5.41, 5.74) is 0.128. The number of carbonyl (C=O) groups excluding carboxylic acids is 2. The molecule has 0 radical (unpaired) electrons. The quantitative estimate of drug-likeness (QED) is 0.616. The molecule has 1 amide bonds. The zero-order valence-electron chi connectivity index (χ0n) is 12.3. The Morgan fingerprint density at radius 1 is 1.24 bits per heavy atom. The zero-order valence-corrected chi connectivity index (χ0v) is 12.3. The maximum Gasteiger partial charge on any atom is 0.326 e. The summed E-state index contributed by atoms with van der Waals surface area (Å²) in [6.45, 7) is 4.97. The fraction of sp³-hybridized carbons (Fsp3) is 0.400. The topological polar surface area (TPSA) is 92.7 Å². The first-order chi connectivity index (χ1) is 9.81. The van der Waals surface area contributed by atoms with Gasteiger partial charge in [-0.05, 0) is 24.5 Å². The summed E-state index contributed by atoms with van der Waals surface area (Å²) in [4.78, 5) is 34.4. The van der Waals surface area contributed by atoms with E-state index in [-0.39, 0.29) is 17.2 Å². The van der Waals surface area contributed by atoms with Crippen LogP contribution in [0.4, 0.5) is 0 Å². The van der Waals surface area contributed by atoms with E-state index in [4.69, 9.17) is 9.84 Å². The third-order valence-electron chi connectivity index (χ3n) is 2.70. The molecule has 6 heteroatoms. The highest BCUT2D eigenvalue weighted by Crippen LogP contribution is 2.18. The van der Waals surface area contributed by atoms with Gasteiger partial charge in [-0.3, -0.25) is 9.59 Å². The van der Waals surface area contributed by atoms with Crippen LogP contribution in [-0.2, 0) is 9.59 Å². The van der Waals surface area contributed by atoms with Crippen molar-refractivity contribution in [3.8, 4) is 5.75 Å². The van der Waals surface area contributed by atoms with E-state index < -0.39 is 23.9 Å². The van der Waals surface area contributed by atoms with E-state index in [2.05, 4.69) is 5.32 Å². The van der Waals surface area contributed by atoms with Gasteiger partial charge >= 0.3 is 11.9 Å². The molecule has 1 unspecified atom stereocenters. The van der Waals surface area contributed by atoms with E-state index in [1.165, 1.54) is 19.1 Å². The maximum atomic E-state index is 12.2. The van der Waals surface area contributed by atoms with Gasteiger partial charge in [-0.25, -0.2) is 4.79 Å². The minimum atomic E-state index is -1.10. The molecule has 0 fully saturated rings. The van der Waals surface area contributed by atoms with Crippen molar-refractivity contribution in [2.75, 3.05) is 0 Å². The van der Waals surface area contributed by atoms with E-state index in [1.807, 2.05) is 13.8 Å². The number of nitrogens with one attached hydrogen (secondary N) is 1. The minimum absolute atomic E-state index is 0.108. The molecule has 0 saturated carbocycles. The normalized spacial score (nSPS) is 11.8. The minimum Gasteiger partial charge on any atom is -0.480 e. The van der Waals surface area contributed by atoms with E-state index in [0.717, 1.165) is 0 Å². The molecule has 1 aromatic rings. The molecule has 1 atom stereocenters. The number of ether oxygens (including phenoxy) is 1. The first-order valence-corrected chi connectivity index (χ1v) is 6.62. The smallest absolute Gasteiger partial charge is 0.326 e. The number of esters is 1. The Morgan fingerprint density at radius 3 is 2.38 bits per heavy atom. The summed E-state index contributed by atoms with van der Waals surface area (Å²) in [5, 5.41) is 11.6. The number of carboxylic acid groups (broad SMARTS) is 1. The van der Waals surface area contributed by atoms with E-state index >= 15 is 0 Å². The lowest BCUT2D eigenvalue weighted by Crippen LogP contribution is -2.41. The molecule has 114 valence electrons. The number of amides is 1. The van der Waals surface area contributed by atoms with Gasteiger partial charge in [-0.1, -0.05) is 26.0 Å². The van der Waals surface area contributed by atoms with Gasteiger partial charge in [0, 0.05) is 6.92 Å². The molecule has 0 aliphatic carbocycles. The number of aliphatic carboxylic acids is 1. The Labute approximate surface area is 123 Å². The highest BCUT2D eigenvalue weighted by Gasteiger charge is 2.23. The molecule has 0 heterocycles. The van der Waals surface area contributed by atoms with Crippen LogP contribution in [-0.4, -0.2) is 29.0 Å². The summed E-state index contributed by atoms with van der Waals surface area (Å²) >= 11 is 0. The van der Waals surface area contributed by atoms with Crippen LogP contribution >= 0.6 is 0 Å². The molecule has 1 aromatic carbocycles. The summed E-state index contributed by atoms with van der Waals surface area (Å²) in [6, 6.07) is 5.21. The van der Waals surface area contributed by atoms with Gasteiger partial charge in [-0.2, -0.15) is 0 Å². The second-order valence-electron chi connectivity index (χ2n) is 5.08. The summed E-state index contributed by atoms with van der Waals surface area (Å²) in [5.74, 6) is -2.00. The van der Waals surface area contributed by atoms with Gasteiger partial charge in [0.15, 0.2) is 0 Å². The van der Waals surface area contributed by atoms with Crippen molar-refractivity contribution < 1.29 is 24.2 Å². The third-order valence-corrected chi connectivity index (χ3v) is 2.70. The molecular formula is C15H19NO5. The van der Waals surface area contributed by atoms with Crippen LogP contribution in [0.25, 0.3) is 0 Å². The molecule has 21 heavy (non-hydrogen) atoms. The van der Waals surface area contributed by atoms with Gasteiger partial charge in [0.1, 0.15) is 11.8 Å². The fourth-order valence-electron chi connectivity index (χ4n) is 1.83. The number of hydrogen-bond donors (Lipinski definition) is 2. The van der Waals surface area contributed by atoms with Crippen molar-refractivity contribution in [3.63, 3.8) is 0 Å². The molecule has 0 aromatic heterocycles. The maximum absolute atomic E-state index is 12.2. The molecular weight excluding hydrogens is 274 g/mol. The molecule has 1 rings (SSSR count). The zero-order chi connectivity index (χ0) is 16.0. The summed E-state index contributed by atoms with van der Waals surface area (Å²) in [7, 11) is 0. The Hall–Kier alpha value is -2.37. The van der Waals surface area contributed by atoms with Crippen LogP contribution in [0, 0.1) is 5.92 Å². The largest absolute Gasteiger partial charge is 0.480 e. The number of benzene rings is 1. The molecule has 0 bridgehead atoms. The molecule has 2 N–H and O–H groups in total. The average molecular weight is 293 g/mol. The standard InChI is InChI=1S/C15H19NO5/c1-9(2)8-12(15(19)20)16-14(18)11-6-4-5-7-13(11)21-10(3)17/h4-7,9,12H,8H2,1-3H3,(H,16,18)(H,19,20). The molecule has 0 saturated heterocycles. The summed E-state index contributed by atoms with van der Waals surface area (Å²) in [6.07, 6.45) is 0.316. The Balaban J connectivity index is 2.92. The van der Waals surface area contributed by atoms with E-state index in [1.54, 1.807) is 12.1 Å². The first kappa shape index (κ1) is 16.7. The highest BCUT2D eigenvalue weighted by atomic mass is 16.5. The molecule has 0 spiro atoms. The lowest BCUT2D eigenvalue weighted by atomic mass is 10.0. The van der Waals surface area contributed by atoms with Crippen LogP contribution in [0.3, 0.4) is 0 Å². The number of carboxylic acids is 1. The SMILES string of the molecule is CC(=O)Oc1ccccc1C(=O)NC(CC(C)C)C(=O)O. The van der Waals surface area contributed by atoms with Crippen molar-refractivity contribution in [1.29, 1.82) is 0 Å². The Morgan fingerprint density at radius 2 is 1.86 bits per heavy atom. The number of rotatable bonds is 6. The number of carbonyl (C=O) groups is 3. The van der Waals surface area contributed by atoms with E-state index in [0.29, 0.717) is 6.42 Å². The van der Waals surface area contributed by atoms with Crippen molar-refractivity contribution in [2.24, 2.45) is 5.92 Å². The van der Waals surface area contributed by atoms with Crippen LogP contribution in [0.2, 0.25) is 0 Å². The second kappa shape index (κ2) is 7.42. The molecule has 6 nitrogen and oxygen atoms in total. The monoisotopic (exact) mass is 293 g/mol. The second-order valence-corrected chi connectivity index (χ2v) is 5.08. The van der Waals surface area contributed by atoms with Gasteiger partial charge in [0.25, 0.3) is 5.91 Å². The Bertz CT molecular complexity index is 539. The number of hydrogen-bond acceptors (Lipinski definition) is 4. The number of para-hydroxylation sites is 1. The fourth-order valence-corrected chi connectivity index (χ4v) is 1.83. The lowest BCUT2D eigenvalue weighted by Gasteiger charge is -2.17. The average Bonchev–Trinajstić information content (AvgIpc) is 2.37. The highest BCUT2D eigenvalue weighted by molar-refractivity contribution is 5.99. The van der Waals surface area contributed by atoms with E-state index in [9.17, 15) is 14.4 Å². The van der Waals surface area contributed by atoms with Crippen LogP contribution < -0.4 is 10.1 Å². The van der Waals surface area contributed by atoms with Crippen molar-refractivity contribution in [1.82, 2.24) is 5.32 Å². The van der Waals surface area contributed by atoms with Gasteiger partial charge in [-0.15, -0.1) is 0 Å². The van der Waals surface area contributed by atoms with Gasteiger partial charge < -0.3 is 15.2 Å². The van der Waals surface area contributed by atoms with Crippen LogP contribution in [0.1, 0.15) is 37.6 Å². The van der Waals surface area contributed by atoms with Crippen LogP contribution in [0.15, 0.2) is 24.3 Å². The van der Waals surface area contributed by atoms with Gasteiger partial charge in [0.05, 0.1) is 5.56 Å². The predicted octanol–water partition coefficient (Wildman–Crippen LogP) is 1.84. The first-order valence-electron chi connectivity index (χ1n) is 6.62. The van der Waals surface area contributed by atoms with Gasteiger partial charge in [0.2, 0.25) is 0 Å². The predicted molar refractivity (Wildman–Crippen MR) is 76.1 cm³/mol. The lowest BCUT2D eigenvalue weighted by molar-refractivity contribution is -0.139. The third kappa shape index (κ3) is 5.25. The Kier molecular flexibility index (Phi) is 5.90. The molecule has 0 aliphatic heterocycles. The summed E-state index contributed by atoms with van der Waals surface area (Å²) < 4.78 is 4.94.